The minimum absolute atomic E-state index is 0.0858. The number of hydrogen-bond acceptors (Lipinski definition) is 5. The summed E-state index contributed by atoms with van der Waals surface area (Å²) in [4.78, 5) is 12.1. The Kier molecular flexibility index (Phi) is 6.51. The molecule has 0 saturated carbocycles. The number of aryl methyl sites for hydroxylation is 1. The van der Waals surface area contributed by atoms with E-state index >= 15 is 0 Å². The van der Waals surface area contributed by atoms with Gasteiger partial charge in [-0.15, -0.1) is 13.2 Å². The van der Waals surface area contributed by atoms with Gasteiger partial charge >= 0.3 is 5.97 Å². The Hall–Kier alpha value is -1.97. The maximum atomic E-state index is 12.4. The number of aromatic nitrogens is 2. The SMILES string of the molecule is C=CCN(CC=C)S(=O)(=O)NCc1nn2c(c1C(=O)OC)CCCC2. The van der Waals surface area contributed by atoms with E-state index in [4.69, 9.17) is 4.74 Å². The molecule has 0 saturated heterocycles. The Morgan fingerprint density at radius 2 is 2.04 bits per heavy atom. The van der Waals surface area contributed by atoms with Crippen molar-refractivity contribution >= 4 is 16.2 Å². The molecule has 0 unspecified atom stereocenters. The molecule has 0 fully saturated rings. The van der Waals surface area contributed by atoms with Crippen molar-refractivity contribution in [1.82, 2.24) is 18.8 Å². The van der Waals surface area contributed by atoms with Crippen LogP contribution in [0.3, 0.4) is 0 Å². The number of carbonyl (C=O) groups is 1. The highest BCUT2D eigenvalue weighted by molar-refractivity contribution is 7.87. The second-order valence-corrected chi connectivity index (χ2v) is 7.42. The summed E-state index contributed by atoms with van der Waals surface area (Å²) in [5.41, 5.74) is 1.55. The summed E-state index contributed by atoms with van der Waals surface area (Å²) in [6.45, 7) is 8.07. The van der Waals surface area contributed by atoms with Crippen LogP contribution in [0, 0.1) is 0 Å². The molecule has 1 aromatic rings. The monoisotopic (exact) mass is 368 g/mol. The largest absolute Gasteiger partial charge is 0.465 e. The van der Waals surface area contributed by atoms with Gasteiger partial charge in [0.05, 0.1) is 25.0 Å². The first kappa shape index (κ1) is 19.4. The summed E-state index contributed by atoms with van der Waals surface area (Å²) in [6, 6.07) is 0. The van der Waals surface area contributed by atoms with Crippen LogP contribution in [0.1, 0.15) is 34.6 Å². The number of fused-ring (bicyclic) bond motifs is 1. The van der Waals surface area contributed by atoms with Gasteiger partial charge < -0.3 is 4.74 Å². The number of hydrogen-bond donors (Lipinski definition) is 1. The topological polar surface area (TPSA) is 93.5 Å². The molecule has 2 rings (SSSR count). The standard InChI is InChI=1S/C16H24N4O4S/c1-4-9-19(10-5-2)25(22,23)17-12-13-15(16(21)24-3)14-8-6-7-11-20(14)18-13/h4-5,17H,1-2,6-12H2,3H3. The molecule has 8 nitrogen and oxygen atoms in total. The van der Waals surface area contributed by atoms with Crippen LogP contribution >= 0.6 is 0 Å². The molecule has 138 valence electrons. The normalized spacial score (nSPS) is 14.2. The Bertz CT molecular complexity index is 744. The van der Waals surface area contributed by atoms with Crippen LogP contribution in [0.15, 0.2) is 25.3 Å². The average Bonchev–Trinajstić information content (AvgIpc) is 2.97. The molecule has 0 amide bonds. The molecule has 0 aliphatic carbocycles. The van der Waals surface area contributed by atoms with Crippen molar-refractivity contribution in [2.75, 3.05) is 20.2 Å². The minimum atomic E-state index is -3.76. The highest BCUT2D eigenvalue weighted by Gasteiger charge is 2.27. The zero-order valence-electron chi connectivity index (χ0n) is 14.4. The van der Waals surface area contributed by atoms with E-state index in [1.807, 2.05) is 0 Å². The quantitative estimate of drug-likeness (QED) is 0.519. The molecule has 1 aliphatic rings. The lowest BCUT2D eigenvalue weighted by atomic mass is 10.0. The molecule has 1 aliphatic heterocycles. The average molecular weight is 368 g/mol. The lowest BCUT2D eigenvalue weighted by Crippen LogP contribution is -2.40. The van der Waals surface area contributed by atoms with Gasteiger partial charge in [-0.2, -0.15) is 22.5 Å². The van der Waals surface area contributed by atoms with Gasteiger partial charge in [0.15, 0.2) is 0 Å². The van der Waals surface area contributed by atoms with E-state index in [2.05, 4.69) is 23.0 Å². The van der Waals surface area contributed by atoms with E-state index in [-0.39, 0.29) is 19.6 Å². The number of nitrogens with zero attached hydrogens (tertiary/aromatic N) is 3. The molecule has 0 radical (unpaired) electrons. The summed E-state index contributed by atoms with van der Waals surface area (Å²) in [5.74, 6) is -0.494. The molecule has 0 bridgehead atoms. The summed E-state index contributed by atoms with van der Waals surface area (Å²) < 4.78 is 35.2. The van der Waals surface area contributed by atoms with Gasteiger partial charge in [0.2, 0.25) is 0 Å². The van der Waals surface area contributed by atoms with Crippen molar-refractivity contribution in [3.8, 4) is 0 Å². The van der Waals surface area contributed by atoms with E-state index in [1.54, 1.807) is 4.68 Å². The van der Waals surface area contributed by atoms with Gasteiger partial charge in [-0.05, 0) is 19.3 Å². The predicted octanol–water partition coefficient (Wildman–Crippen LogP) is 1.01. The fourth-order valence-electron chi connectivity index (χ4n) is 2.82. The lowest BCUT2D eigenvalue weighted by molar-refractivity contribution is 0.0597. The van der Waals surface area contributed by atoms with Gasteiger partial charge in [-0.3, -0.25) is 4.68 Å². The molecule has 1 N–H and O–H groups in total. The first-order valence-corrected chi connectivity index (χ1v) is 9.52. The molecule has 25 heavy (non-hydrogen) atoms. The Balaban J connectivity index is 2.25. The molecule has 0 atom stereocenters. The molecule has 1 aromatic heterocycles. The van der Waals surface area contributed by atoms with Gasteiger partial charge in [0.1, 0.15) is 5.56 Å². The van der Waals surface area contributed by atoms with E-state index in [0.717, 1.165) is 25.0 Å². The summed E-state index contributed by atoms with van der Waals surface area (Å²) in [5, 5.41) is 4.40. The summed E-state index contributed by atoms with van der Waals surface area (Å²) in [6.07, 6.45) is 5.67. The van der Waals surface area contributed by atoms with Crippen molar-refractivity contribution in [1.29, 1.82) is 0 Å². The second-order valence-electron chi connectivity index (χ2n) is 5.66. The maximum Gasteiger partial charge on any atom is 0.341 e. The molecule has 0 spiro atoms. The zero-order chi connectivity index (χ0) is 18.4. The number of esters is 1. The van der Waals surface area contributed by atoms with Crippen molar-refractivity contribution in [2.24, 2.45) is 0 Å². The van der Waals surface area contributed by atoms with Gasteiger partial charge in [0, 0.05) is 19.6 Å². The van der Waals surface area contributed by atoms with Crippen molar-refractivity contribution in [2.45, 2.75) is 32.4 Å². The first-order valence-electron chi connectivity index (χ1n) is 8.08. The van der Waals surface area contributed by atoms with Crippen LogP contribution in [0.2, 0.25) is 0 Å². The highest BCUT2D eigenvalue weighted by Crippen LogP contribution is 2.22. The number of rotatable bonds is 9. The smallest absolute Gasteiger partial charge is 0.341 e. The molecular weight excluding hydrogens is 344 g/mol. The van der Waals surface area contributed by atoms with E-state index in [0.29, 0.717) is 17.8 Å². The summed E-state index contributed by atoms with van der Waals surface area (Å²) >= 11 is 0. The first-order chi connectivity index (χ1) is 11.9. The maximum absolute atomic E-state index is 12.4. The molecule has 0 aromatic carbocycles. The van der Waals surface area contributed by atoms with Gasteiger partial charge in [0.25, 0.3) is 10.2 Å². The number of ether oxygens (including phenoxy) is 1. The van der Waals surface area contributed by atoms with Crippen LogP contribution in [-0.4, -0.2) is 48.7 Å². The number of carbonyl (C=O) groups excluding carboxylic acids is 1. The van der Waals surface area contributed by atoms with Gasteiger partial charge in [-0.25, -0.2) is 4.79 Å². The molecular formula is C16H24N4O4S. The third-order valence-corrected chi connectivity index (χ3v) is 5.47. The van der Waals surface area contributed by atoms with Crippen LogP contribution in [-0.2, 0) is 34.5 Å². The van der Waals surface area contributed by atoms with E-state index in [9.17, 15) is 13.2 Å². The summed E-state index contributed by atoms with van der Waals surface area (Å²) in [7, 11) is -2.45. The van der Waals surface area contributed by atoms with Crippen LogP contribution in [0.5, 0.6) is 0 Å². The minimum Gasteiger partial charge on any atom is -0.465 e. The fourth-order valence-corrected chi connectivity index (χ4v) is 3.92. The lowest BCUT2D eigenvalue weighted by Gasteiger charge is -2.19. The molecule has 9 heteroatoms. The second kappa shape index (κ2) is 8.41. The van der Waals surface area contributed by atoms with Gasteiger partial charge in [-0.1, -0.05) is 12.2 Å². The Labute approximate surface area is 148 Å². The third kappa shape index (κ3) is 4.36. The third-order valence-electron chi connectivity index (χ3n) is 3.98. The Morgan fingerprint density at radius 3 is 2.64 bits per heavy atom. The predicted molar refractivity (Wildman–Crippen MR) is 94.2 cm³/mol. The van der Waals surface area contributed by atoms with E-state index < -0.39 is 16.2 Å². The number of nitrogens with one attached hydrogen (secondary N) is 1. The van der Waals surface area contributed by atoms with Crippen LogP contribution in [0.4, 0.5) is 0 Å². The molecule has 2 heterocycles. The Morgan fingerprint density at radius 1 is 1.36 bits per heavy atom. The number of methoxy groups -OCH3 is 1. The fraction of sp³-hybridized carbons (Fsp3) is 0.500. The van der Waals surface area contributed by atoms with Crippen LogP contribution < -0.4 is 4.72 Å². The van der Waals surface area contributed by atoms with Crippen molar-refractivity contribution in [3.63, 3.8) is 0 Å². The highest BCUT2D eigenvalue weighted by atomic mass is 32.2. The van der Waals surface area contributed by atoms with E-state index in [1.165, 1.54) is 23.6 Å². The van der Waals surface area contributed by atoms with Crippen molar-refractivity contribution < 1.29 is 17.9 Å². The van der Waals surface area contributed by atoms with Crippen LogP contribution in [0.25, 0.3) is 0 Å². The van der Waals surface area contributed by atoms with Crippen molar-refractivity contribution in [3.05, 3.63) is 42.3 Å². The zero-order valence-corrected chi connectivity index (χ0v) is 15.2.